The van der Waals surface area contributed by atoms with E-state index < -0.39 is 0 Å². The third-order valence-electron chi connectivity index (χ3n) is 2.14. The summed E-state index contributed by atoms with van der Waals surface area (Å²) in [6, 6.07) is 0. The van der Waals surface area contributed by atoms with Gasteiger partial charge < -0.3 is 16.2 Å². The molecule has 0 saturated carbocycles. The molecule has 0 aromatic carbocycles. The second-order valence-corrected chi connectivity index (χ2v) is 3.21. The molecule has 0 amide bonds. The first kappa shape index (κ1) is 10.8. The van der Waals surface area contributed by atoms with E-state index in [0.29, 0.717) is 12.2 Å². The predicted octanol–water partition coefficient (Wildman–Crippen LogP) is 0.668. The van der Waals surface area contributed by atoms with Gasteiger partial charge >= 0.3 is 0 Å². The van der Waals surface area contributed by atoms with E-state index in [1.165, 1.54) is 0 Å². The molecule has 0 spiro atoms. The van der Waals surface area contributed by atoms with Crippen molar-refractivity contribution < 1.29 is 5.11 Å². The largest absolute Gasteiger partial charge is 0.394 e. The van der Waals surface area contributed by atoms with Crippen molar-refractivity contribution in [1.29, 1.82) is 0 Å². The number of aliphatic hydroxyl groups is 1. The average molecular weight is 198 g/mol. The minimum Gasteiger partial charge on any atom is -0.394 e. The summed E-state index contributed by atoms with van der Waals surface area (Å²) in [7, 11) is 0. The molecule has 1 unspecified atom stereocenters. The van der Waals surface area contributed by atoms with E-state index in [-0.39, 0.29) is 6.10 Å². The van der Waals surface area contributed by atoms with Gasteiger partial charge in [-0.25, -0.2) is 4.68 Å². The lowest BCUT2D eigenvalue weighted by atomic mass is 10.3. The molecule has 0 bridgehead atoms. The number of anilines is 2. The first-order valence-electron chi connectivity index (χ1n) is 4.92. The first-order valence-corrected chi connectivity index (χ1v) is 4.92. The minimum atomic E-state index is -0.338. The number of rotatable bonds is 5. The van der Waals surface area contributed by atoms with Crippen LogP contribution in [0.2, 0.25) is 0 Å². The zero-order valence-electron chi connectivity index (χ0n) is 8.70. The van der Waals surface area contributed by atoms with Crippen LogP contribution in [0.4, 0.5) is 11.5 Å². The van der Waals surface area contributed by atoms with Crippen LogP contribution in [0.15, 0.2) is 6.20 Å². The molecule has 1 heterocycles. The van der Waals surface area contributed by atoms with E-state index in [0.717, 1.165) is 18.8 Å². The molecule has 0 aliphatic carbocycles. The Kier molecular flexibility index (Phi) is 3.76. The van der Waals surface area contributed by atoms with E-state index in [2.05, 4.69) is 10.4 Å². The summed E-state index contributed by atoms with van der Waals surface area (Å²) in [5.41, 5.74) is 6.34. The van der Waals surface area contributed by atoms with E-state index in [1.807, 2.05) is 13.8 Å². The number of nitrogens with one attached hydrogen (secondary N) is 1. The average Bonchev–Trinajstić information content (AvgIpc) is 2.55. The van der Waals surface area contributed by atoms with Gasteiger partial charge in [-0.3, -0.25) is 0 Å². The Morgan fingerprint density at radius 2 is 2.36 bits per heavy atom. The Bertz CT molecular complexity index is 284. The molecule has 0 fully saturated rings. The van der Waals surface area contributed by atoms with Crippen molar-refractivity contribution in [2.24, 2.45) is 0 Å². The molecular weight excluding hydrogens is 180 g/mol. The molecule has 5 heteroatoms. The number of nitrogens with zero attached hydrogens (tertiary/aromatic N) is 2. The molecule has 5 nitrogen and oxygen atoms in total. The number of nitrogens with two attached hydrogens (primary N) is 1. The summed E-state index contributed by atoms with van der Waals surface area (Å²) in [5.74, 6) is 0.792. The second kappa shape index (κ2) is 4.85. The Labute approximate surface area is 83.9 Å². The number of hydrogen-bond acceptors (Lipinski definition) is 4. The molecule has 0 aliphatic heterocycles. The summed E-state index contributed by atoms with van der Waals surface area (Å²) in [6.07, 6.45) is 2.01. The fraction of sp³-hybridized carbons (Fsp3) is 0.667. The molecule has 1 aromatic rings. The lowest BCUT2D eigenvalue weighted by molar-refractivity contribution is 0.183. The number of hydrogen-bond donors (Lipinski definition) is 3. The van der Waals surface area contributed by atoms with Crippen molar-refractivity contribution in [1.82, 2.24) is 9.78 Å². The molecule has 1 aromatic heterocycles. The number of nitrogen functional groups attached to an aromatic ring is 1. The third-order valence-corrected chi connectivity index (χ3v) is 2.14. The maximum Gasteiger partial charge on any atom is 0.147 e. The monoisotopic (exact) mass is 198 g/mol. The van der Waals surface area contributed by atoms with Gasteiger partial charge in [0, 0.05) is 13.1 Å². The molecule has 0 aliphatic rings. The van der Waals surface area contributed by atoms with Gasteiger partial charge in [-0.15, -0.1) is 0 Å². The summed E-state index contributed by atoms with van der Waals surface area (Å²) >= 11 is 0. The smallest absolute Gasteiger partial charge is 0.147 e. The Morgan fingerprint density at radius 1 is 1.64 bits per heavy atom. The summed E-state index contributed by atoms with van der Waals surface area (Å²) < 4.78 is 1.78. The maximum absolute atomic E-state index is 9.38. The van der Waals surface area contributed by atoms with Crippen LogP contribution in [0.3, 0.4) is 0 Å². The Morgan fingerprint density at radius 3 is 2.93 bits per heavy atom. The van der Waals surface area contributed by atoms with Gasteiger partial charge in [0.05, 0.1) is 18.0 Å². The minimum absolute atomic E-state index is 0.338. The molecule has 4 N–H and O–H groups in total. The molecule has 1 rings (SSSR count). The lowest BCUT2D eigenvalue weighted by Crippen LogP contribution is -2.20. The van der Waals surface area contributed by atoms with Gasteiger partial charge in [0.2, 0.25) is 0 Å². The van der Waals surface area contributed by atoms with Crippen molar-refractivity contribution >= 4 is 11.5 Å². The molecule has 0 saturated heterocycles. The van der Waals surface area contributed by atoms with E-state index in [9.17, 15) is 5.11 Å². The van der Waals surface area contributed by atoms with Crippen molar-refractivity contribution in [2.45, 2.75) is 32.9 Å². The highest BCUT2D eigenvalue weighted by molar-refractivity contribution is 5.60. The van der Waals surface area contributed by atoms with Gasteiger partial charge in [0.25, 0.3) is 0 Å². The quantitative estimate of drug-likeness (QED) is 0.650. The highest BCUT2D eigenvalue weighted by Crippen LogP contribution is 2.16. The molecule has 14 heavy (non-hydrogen) atoms. The molecule has 0 radical (unpaired) electrons. The Hall–Kier alpha value is -1.23. The van der Waals surface area contributed by atoms with Crippen molar-refractivity contribution in [3.05, 3.63) is 6.20 Å². The highest BCUT2D eigenvalue weighted by atomic mass is 16.3. The summed E-state index contributed by atoms with van der Waals surface area (Å²) in [5, 5.41) is 16.6. The van der Waals surface area contributed by atoms with Crippen LogP contribution >= 0.6 is 0 Å². The number of aromatic nitrogens is 2. The van der Waals surface area contributed by atoms with Crippen LogP contribution in [0.25, 0.3) is 0 Å². The van der Waals surface area contributed by atoms with Gasteiger partial charge in [-0.1, -0.05) is 6.92 Å². The molecular formula is C9H18N4O. The van der Waals surface area contributed by atoms with E-state index >= 15 is 0 Å². The van der Waals surface area contributed by atoms with Crippen LogP contribution in [-0.4, -0.2) is 27.5 Å². The van der Waals surface area contributed by atoms with Crippen molar-refractivity contribution in [3.63, 3.8) is 0 Å². The molecule has 1 atom stereocenters. The van der Waals surface area contributed by atoms with Gasteiger partial charge in [-0.2, -0.15) is 5.10 Å². The second-order valence-electron chi connectivity index (χ2n) is 3.21. The standard InChI is InChI=1S/C9H18N4O/c1-3-7(14)5-11-9-8(10)6-12-13(9)4-2/h6-7,11,14H,3-5,10H2,1-2H3. The fourth-order valence-electron chi connectivity index (χ4n) is 1.19. The first-order chi connectivity index (χ1) is 6.69. The van der Waals surface area contributed by atoms with Crippen LogP contribution in [-0.2, 0) is 6.54 Å². The molecule has 80 valence electrons. The van der Waals surface area contributed by atoms with Gasteiger partial charge in [0.1, 0.15) is 5.82 Å². The van der Waals surface area contributed by atoms with Gasteiger partial charge in [0.15, 0.2) is 0 Å². The SMILES string of the molecule is CCC(O)CNc1c(N)cnn1CC. The zero-order valence-corrected chi connectivity index (χ0v) is 8.70. The topological polar surface area (TPSA) is 76.1 Å². The summed E-state index contributed by atoms with van der Waals surface area (Å²) in [6.45, 7) is 5.20. The number of aliphatic hydroxyl groups excluding tert-OH is 1. The number of aryl methyl sites for hydroxylation is 1. The maximum atomic E-state index is 9.38. The fourth-order valence-corrected chi connectivity index (χ4v) is 1.19. The normalized spacial score (nSPS) is 12.8. The van der Waals surface area contributed by atoms with Crippen LogP contribution < -0.4 is 11.1 Å². The Balaban J connectivity index is 2.60. The van der Waals surface area contributed by atoms with E-state index in [1.54, 1.807) is 10.9 Å². The summed E-state index contributed by atoms with van der Waals surface area (Å²) in [4.78, 5) is 0. The van der Waals surface area contributed by atoms with Crippen molar-refractivity contribution in [2.75, 3.05) is 17.6 Å². The zero-order chi connectivity index (χ0) is 10.6. The van der Waals surface area contributed by atoms with Crippen LogP contribution in [0.5, 0.6) is 0 Å². The van der Waals surface area contributed by atoms with Crippen LogP contribution in [0, 0.1) is 0 Å². The van der Waals surface area contributed by atoms with Gasteiger partial charge in [-0.05, 0) is 13.3 Å². The van der Waals surface area contributed by atoms with E-state index in [4.69, 9.17) is 5.73 Å². The lowest BCUT2D eigenvalue weighted by Gasteiger charge is -2.12. The highest BCUT2D eigenvalue weighted by Gasteiger charge is 2.07. The van der Waals surface area contributed by atoms with Crippen molar-refractivity contribution in [3.8, 4) is 0 Å². The third kappa shape index (κ3) is 2.38. The predicted molar refractivity (Wildman–Crippen MR) is 57.1 cm³/mol. The van der Waals surface area contributed by atoms with Crippen LogP contribution in [0.1, 0.15) is 20.3 Å².